The zero-order valence-corrected chi connectivity index (χ0v) is 10.3. The van der Waals surface area contributed by atoms with E-state index in [2.05, 4.69) is 29.2 Å². The lowest BCUT2D eigenvalue weighted by atomic mass is 10.1. The molecule has 2 aliphatic heterocycles. The summed E-state index contributed by atoms with van der Waals surface area (Å²) >= 11 is 0. The largest absolute Gasteiger partial charge is 0.335 e. The van der Waals surface area contributed by atoms with Gasteiger partial charge in [-0.05, 0) is 14.1 Å². The molecule has 0 aromatic rings. The number of nitrogens with zero attached hydrogens (tertiary/aromatic N) is 3. The van der Waals surface area contributed by atoms with Crippen molar-refractivity contribution in [2.75, 3.05) is 59.9 Å². The van der Waals surface area contributed by atoms with Crippen LogP contribution in [0.15, 0.2) is 0 Å². The lowest BCUT2D eigenvalue weighted by molar-refractivity contribution is -0.137. The van der Waals surface area contributed by atoms with Crippen LogP contribution < -0.4 is 5.32 Å². The summed E-state index contributed by atoms with van der Waals surface area (Å²) in [7, 11) is 4.20. The summed E-state index contributed by atoms with van der Waals surface area (Å²) in [5, 5.41) is 3.19. The highest BCUT2D eigenvalue weighted by Gasteiger charge is 2.32. The van der Waals surface area contributed by atoms with Gasteiger partial charge in [0.2, 0.25) is 5.91 Å². The van der Waals surface area contributed by atoms with Gasteiger partial charge in [-0.3, -0.25) is 9.69 Å². The van der Waals surface area contributed by atoms with Crippen LogP contribution in [0.4, 0.5) is 0 Å². The summed E-state index contributed by atoms with van der Waals surface area (Å²) < 4.78 is 0. The van der Waals surface area contributed by atoms with Gasteiger partial charge in [-0.1, -0.05) is 0 Å². The molecule has 0 spiro atoms. The average Bonchev–Trinajstić information content (AvgIpc) is 2.26. The quantitative estimate of drug-likeness (QED) is 0.647. The van der Waals surface area contributed by atoms with E-state index in [0.717, 1.165) is 39.3 Å². The van der Waals surface area contributed by atoms with E-state index in [4.69, 9.17) is 0 Å². The van der Waals surface area contributed by atoms with E-state index in [9.17, 15) is 4.79 Å². The number of hydrogen-bond acceptors (Lipinski definition) is 4. The predicted molar refractivity (Wildman–Crippen MR) is 63.4 cm³/mol. The second-order valence-electron chi connectivity index (χ2n) is 4.98. The fraction of sp³-hybridized carbons (Fsp3) is 0.909. The lowest BCUT2D eigenvalue weighted by Crippen LogP contribution is -2.63. The standard InChI is InChI=1S/C11H22N4O/c1-13(2)3-4-14-5-6-15-10(9-14)7-12-8-11(15)16/h10,12H,3-9H2,1-2H3. The molecule has 0 aromatic carbocycles. The molecular weight excluding hydrogens is 204 g/mol. The number of hydrogen-bond donors (Lipinski definition) is 1. The van der Waals surface area contributed by atoms with Gasteiger partial charge in [-0.25, -0.2) is 0 Å². The molecule has 0 saturated carbocycles. The molecule has 2 fully saturated rings. The van der Waals surface area contributed by atoms with Gasteiger partial charge in [-0.2, -0.15) is 0 Å². The number of likely N-dealkylation sites (N-methyl/N-ethyl adjacent to an activating group) is 1. The molecule has 2 saturated heterocycles. The summed E-state index contributed by atoms with van der Waals surface area (Å²) in [5.74, 6) is 0.267. The van der Waals surface area contributed by atoms with Crippen molar-refractivity contribution in [3.63, 3.8) is 0 Å². The third-order valence-corrected chi connectivity index (χ3v) is 3.41. The van der Waals surface area contributed by atoms with Crippen LogP contribution in [-0.4, -0.2) is 86.6 Å². The molecule has 2 heterocycles. The van der Waals surface area contributed by atoms with E-state index in [0.29, 0.717) is 12.6 Å². The van der Waals surface area contributed by atoms with Gasteiger partial charge in [0, 0.05) is 39.3 Å². The molecule has 2 aliphatic rings. The van der Waals surface area contributed by atoms with Crippen LogP contribution in [-0.2, 0) is 4.79 Å². The lowest BCUT2D eigenvalue weighted by Gasteiger charge is -2.44. The van der Waals surface area contributed by atoms with E-state index in [1.165, 1.54) is 0 Å². The van der Waals surface area contributed by atoms with Crippen LogP contribution in [0, 0.1) is 0 Å². The van der Waals surface area contributed by atoms with Crippen molar-refractivity contribution in [1.82, 2.24) is 20.0 Å². The van der Waals surface area contributed by atoms with E-state index in [1.807, 2.05) is 4.90 Å². The molecule has 0 bridgehead atoms. The number of amides is 1. The van der Waals surface area contributed by atoms with E-state index < -0.39 is 0 Å². The molecule has 1 atom stereocenters. The van der Waals surface area contributed by atoms with Gasteiger partial charge in [-0.15, -0.1) is 0 Å². The first-order chi connectivity index (χ1) is 7.66. The minimum Gasteiger partial charge on any atom is -0.335 e. The molecule has 1 unspecified atom stereocenters. The van der Waals surface area contributed by atoms with Crippen LogP contribution in [0.1, 0.15) is 0 Å². The Morgan fingerprint density at radius 1 is 1.44 bits per heavy atom. The second kappa shape index (κ2) is 5.12. The molecule has 2 rings (SSSR count). The number of piperazine rings is 2. The molecule has 92 valence electrons. The average molecular weight is 226 g/mol. The third kappa shape index (κ3) is 2.72. The molecule has 0 radical (unpaired) electrons. The van der Waals surface area contributed by atoms with Crippen LogP contribution in [0.25, 0.3) is 0 Å². The SMILES string of the molecule is CN(C)CCN1CCN2C(=O)CNCC2C1. The third-order valence-electron chi connectivity index (χ3n) is 3.41. The summed E-state index contributed by atoms with van der Waals surface area (Å²) in [6.07, 6.45) is 0. The maximum atomic E-state index is 11.6. The van der Waals surface area contributed by atoms with Gasteiger partial charge in [0.05, 0.1) is 12.6 Å². The Balaban J connectivity index is 1.83. The number of rotatable bonds is 3. The topological polar surface area (TPSA) is 38.8 Å². The summed E-state index contributed by atoms with van der Waals surface area (Å²) in [5.41, 5.74) is 0. The van der Waals surface area contributed by atoms with Gasteiger partial charge in [0.25, 0.3) is 0 Å². The van der Waals surface area contributed by atoms with Crippen molar-refractivity contribution in [3.8, 4) is 0 Å². The summed E-state index contributed by atoms with van der Waals surface area (Å²) in [4.78, 5) is 18.3. The van der Waals surface area contributed by atoms with E-state index in [1.54, 1.807) is 0 Å². The Morgan fingerprint density at radius 2 is 2.25 bits per heavy atom. The minimum absolute atomic E-state index is 0.267. The normalized spacial score (nSPS) is 27.3. The highest BCUT2D eigenvalue weighted by Crippen LogP contribution is 2.11. The van der Waals surface area contributed by atoms with Gasteiger partial charge >= 0.3 is 0 Å². The minimum atomic E-state index is 0.267. The number of carbonyl (C=O) groups is 1. The van der Waals surface area contributed by atoms with Gasteiger partial charge in [0.1, 0.15) is 0 Å². The highest BCUT2D eigenvalue weighted by atomic mass is 16.2. The highest BCUT2D eigenvalue weighted by molar-refractivity contribution is 5.79. The smallest absolute Gasteiger partial charge is 0.236 e. The molecule has 0 aliphatic carbocycles. The first-order valence-corrected chi connectivity index (χ1v) is 6.04. The molecule has 5 nitrogen and oxygen atoms in total. The maximum absolute atomic E-state index is 11.6. The molecule has 1 N–H and O–H groups in total. The summed E-state index contributed by atoms with van der Waals surface area (Å²) in [6, 6.07) is 0.386. The fourth-order valence-corrected chi connectivity index (χ4v) is 2.41. The zero-order valence-electron chi connectivity index (χ0n) is 10.3. The van der Waals surface area contributed by atoms with Crippen LogP contribution >= 0.6 is 0 Å². The molecule has 16 heavy (non-hydrogen) atoms. The Hall–Kier alpha value is -0.650. The van der Waals surface area contributed by atoms with Crippen LogP contribution in [0.5, 0.6) is 0 Å². The second-order valence-corrected chi connectivity index (χ2v) is 4.98. The Kier molecular flexibility index (Phi) is 3.78. The van der Waals surface area contributed by atoms with E-state index >= 15 is 0 Å². The van der Waals surface area contributed by atoms with Crippen molar-refractivity contribution in [2.24, 2.45) is 0 Å². The number of fused-ring (bicyclic) bond motifs is 1. The first-order valence-electron chi connectivity index (χ1n) is 6.04. The predicted octanol–water partition coefficient (Wildman–Crippen LogP) is -1.34. The van der Waals surface area contributed by atoms with Crippen LogP contribution in [0.3, 0.4) is 0 Å². The van der Waals surface area contributed by atoms with Gasteiger partial charge in [0.15, 0.2) is 0 Å². The molecule has 1 amide bonds. The van der Waals surface area contributed by atoms with Crippen LogP contribution in [0.2, 0.25) is 0 Å². The fourth-order valence-electron chi connectivity index (χ4n) is 2.41. The molecule has 0 aromatic heterocycles. The number of nitrogens with one attached hydrogen (secondary N) is 1. The van der Waals surface area contributed by atoms with Crippen molar-refractivity contribution in [1.29, 1.82) is 0 Å². The Labute approximate surface area is 97.4 Å². The first kappa shape index (κ1) is 11.8. The van der Waals surface area contributed by atoms with Gasteiger partial charge < -0.3 is 15.1 Å². The maximum Gasteiger partial charge on any atom is 0.236 e. The Bertz CT molecular complexity index is 256. The van der Waals surface area contributed by atoms with Crippen molar-refractivity contribution < 1.29 is 4.79 Å². The molecule has 5 heteroatoms. The van der Waals surface area contributed by atoms with Crippen molar-refractivity contribution in [2.45, 2.75) is 6.04 Å². The monoisotopic (exact) mass is 226 g/mol. The van der Waals surface area contributed by atoms with Crippen molar-refractivity contribution >= 4 is 5.91 Å². The summed E-state index contributed by atoms with van der Waals surface area (Å²) in [6.45, 7) is 6.61. The zero-order chi connectivity index (χ0) is 11.5. The van der Waals surface area contributed by atoms with Crippen molar-refractivity contribution in [3.05, 3.63) is 0 Å². The van der Waals surface area contributed by atoms with E-state index in [-0.39, 0.29) is 5.91 Å². The number of carbonyl (C=O) groups excluding carboxylic acids is 1. The molecular formula is C11H22N4O. The Morgan fingerprint density at radius 3 is 3.00 bits per heavy atom.